The van der Waals surface area contributed by atoms with Gasteiger partial charge in [0.1, 0.15) is 0 Å². The minimum absolute atomic E-state index is 0.242. The lowest BCUT2D eigenvalue weighted by atomic mass is 10.2. The van der Waals surface area contributed by atoms with Crippen molar-refractivity contribution in [3.63, 3.8) is 0 Å². The highest BCUT2D eigenvalue weighted by molar-refractivity contribution is 5.76. The number of nitrogens with zero attached hydrogens (tertiary/aromatic N) is 2. The molecule has 20 heavy (non-hydrogen) atoms. The first-order chi connectivity index (χ1) is 9.47. The zero-order chi connectivity index (χ0) is 15.4. The molecule has 1 amide bonds. The van der Waals surface area contributed by atoms with Crippen LogP contribution in [0.3, 0.4) is 0 Å². The molecule has 0 saturated carbocycles. The van der Waals surface area contributed by atoms with Gasteiger partial charge in [-0.3, -0.25) is 4.79 Å². The first kappa shape index (κ1) is 19.4. The van der Waals surface area contributed by atoms with Crippen molar-refractivity contribution >= 4 is 5.91 Å². The SMILES string of the molecule is COCCN(CCCN(C)C)C(=O)CCCNC(C)C. The van der Waals surface area contributed by atoms with E-state index in [1.54, 1.807) is 7.11 Å². The van der Waals surface area contributed by atoms with Crippen LogP contribution in [0.4, 0.5) is 0 Å². The van der Waals surface area contributed by atoms with Gasteiger partial charge in [-0.15, -0.1) is 0 Å². The normalized spacial score (nSPS) is 11.3. The summed E-state index contributed by atoms with van der Waals surface area (Å²) >= 11 is 0. The summed E-state index contributed by atoms with van der Waals surface area (Å²) in [5, 5.41) is 3.34. The topological polar surface area (TPSA) is 44.8 Å². The number of carbonyl (C=O) groups excluding carboxylic acids is 1. The highest BCUT2D eigenvalue weighted by Gasteiger charge is 2.12. The maximum atomic E-state index is 12.2. The van der Waals surface area contributed by atoms with E-state index in [9.17, 15) is 4.79 Å². The van der Waals surface area contributed by atoms with Crippen molar-refractivity contribution in [1.29, 1.82) is 0 Å². The van der Waals surface area contributed by atoms with Crippen LogP contribution in [0.2, 0.25) is 0 Å². The van der Waals surface area contributed by atoms with Crippen LogP contribution in [0, 0.1) is 0 Å². The molecule has 0 heterocycles. The number of amides is 1. The molecule has 0 aliphatic carbocycles. The molecule has 0 fully saturated rings. The zero-order valence-corrected chi connectivity index (χ0v) is 13.9. The molecule has 5 heteroatoms. The van der Waals surface area contributed by atoms with Gasteiger partial charge in [0.25, 0.3) is 0 Å². The average Bonchev–Trinajstić information content (AvgIpc) is 2.37. The Bertz CT molecular complexity index is 245. The molecule has 0 atom stereocenters. The number of ether oxygens (including phenoxy) is 1. The third kappa shape index (κ3) is 11.2. The van der Waals surface area contributed by atoms with Crippen LogP contribution in [-0.2, 0) is 9.53 Å². The van der Waals surface area contributed by atoms with Gasteiger partial charge in [0.05, 0.1) is 6.61 Å². The van der Waals surface area contributed by atoms with E-state index in [2.05, 4.69) is 38.2 Å². The lowest BCUT2D eigenvalue weighted by Crippen LogP contribution is -2.36. The number of methoxy groups -OCH3 is 1. The van der Waals surface area contributed by atoms with Crippen molar-refractivity contribution in [3.05, 3.63) is 0 Å². The highest BCUT2D eigenvalue weighted by Crippen LogP contribution is 2.00. The first-order valence-electron chi connectivity index (χ1n) is 7.62. The molecule has 1 N–H and O–H groups in total. The van der Waals surface area contributed by atoms with Gasteiger partial charge in [-0.25, -0.2) is 0 Å². The summed E-state index contributed by atoms with van der Waals surface area (Å²) in [4.78, 5) is 16.3. The molecule has 120 valence electrons. The maximum Gasteiger partial charge on any atom is 0.222 e. The van der Waals surface area contributed by atoms with Gasteiger partial charge < -0.3 is 19.9 Å². The fourth-order valence-corrected chi connectivity index (χ4v) is 1.93. The van der Waals surface area contributed by atoms with E-state index in [0.29, 0.717) is 25.6 Å². The van der Waals surface area contributed by atoms with Crippen molar-refractivity contribution in [1.82, 2.24) is 15.1 Å². The second-order valence-corrected chi connectivity index (χ2v) is 5.74. The molecule has 0 unspecified atom stereocenters. The summed E-state index contributed by atoms with van der Waals surface area (Å²) < 4.78 is 5.09. The van der Waals surface area contributed by atoms with Crippen LogP contribution < -0.4 is 5.32 Å². The molecule has 0 spiro atoms. The molecule has 0 aromatic carbocycles. The van der Waals surface area contributed by atoms with Crippen molar-refractivity contribution in [2.75, 3.05) is 54.0 Å². The molecule has 0 aliphatic heterocycles. The van der Waals surface area contributed by atoms with Crippen LogP contribution in [-0.4, -0.2) is 75.7 Å². The standard InChI is InChI=1S/C15H33N3O2/c1-14(2)16-9-6-8-15(19)18(12-13-20-5)11-7-10-17(3)4/h14,16H,6-13H2,1-5H3. The van der Waals surface area contributed by atoms with Crippen LogP contribution in [0.1, 0.15) is 33.1 Å². The summed E-state index contributed by atoms with van der Waals surface area (Å²) in [5.41, 5.74) is 0. The molecule has 0 aromatic heterocycles. The summed E-state index contributed by atoms with van der Waals surface area (Å²) in [5.74, 6) is 0.242. The smallest absolute Gasteiger partial charge is 0.222 e. The zero-order valence-electron chi connectivity index (χ0n) is 13.9. The summed E-state index contributed by atoms with van der Waals surface area (Å²) in [6, 6.07) is 0.481. The van der Waals surface area contributed by atoms with E-state index in [1.165, 1.54) is 0 Å². The molecular weight excluding hydrogens is 254 g/mol. The van der Waals surface area contributed by atoms with E-state index in [4.69, 9.17) is 4.74 Å². The maximum absolute atomic E-state index is 12.2. The van der Waals surface area contributed by atoms with Gasteiger partial charge in [-0.2, -0.15) is 0 Å². The molecule has 5 nitrogen and oxygen atoms in total. The van der Waals surface area contributed by atoms with Gasteiger partial charge in [0, 0.05) is 32.7 Å². The van der Waals surface area contributed by atoms with E-state index in [1.807, 2.05) is 4.90 Å². The fraction of sp³-hybridized carbons (Fsp3) is 0.933. The first-order valence-corrected chi connectivity index (χ1v) is 7.62. The van der Waals surface area contributed by atoms with Crippen LogP contribution in [0.25, 0.3) is 0 Å². The number of rotatable bonds is 12. The van der Waals surface area contributed by atoms with Crippen molar-refractivity contribution in [2.24, 2.45) is 0 Å². The van der Waals surface area contributed by atoms with Gasteiger partial charge >= 0.3 is 0 Å². The van der Waals surface area contributed by atoms with E-state index in [-0.39, 0.29) is 5.91 Å². The molecule has 0 aromatic rings. The van der Waals surface area contributed by atoms with Crippen LogP contribution in [0.5, 0.6) is 0 Å². The average molecular weight is 287 g/mol. The molecule has 0 aliphatic rings. The van der Waals surface area contributed by atoms with Gasteiger partial charge in [0.2, 0.25) is 5.91 Å². The summed E-state index contributed by atoms with van der Waals surface area (Å²) in [7, 11) is 5.78. The summed E-state index contributed by atoms with van der Waals surface area (Å²) in [6.45, 7) is 8.27. The predicted molar refractivity (Wildman–Crippen MR) is 84.0 cm³/mol. The van der Waals surface area contributed by atoms with Gasteiger partial charge in [-0.05, 0) is 40.0 Å². The monoisotopic (exact) mass is 287 g/mol. The second kappa shape index (κ2) is 12.1. The minimum atomic E-state index is 0.242. The molecule has 0 rings (SSSR count). The number of hydrogen-bond acceptors (Lipinski definition) is 4. The third-order valence-corrected chi connectivity index (χ3v) is 3.07. The minimum Gasteiger partial charge on any atom is -0.383 e. The highest BCUT2D eigenvalue weighted by atomic mass is 16.5. The Morgan fingerprint density at radius 2 is 1.85 bits per heavy atom. The molecule has 0 bridgehead atoms. The van der Waals surface area contributed by atoms with Crippen LogP contribution in [0.15, 0.2) is 0 Å². The van der Waals surface area contributed by atoms with E-state index in [0.717, 1.165) is 32.5 Å². The Labute approximate surface area is 124 Å². The van der Waals surface area contributed by atoms with Crippen molar-refractivity contribution < 1.29 is 9.53 Å². The Morgan fingerprint density at radius 1 is 1.15 bits per heavy atom. The predicted octanol–water partition coefficient (Wildman–Crippen LogP) is 1.19. The number of carbonyl (C=O) groups is 1. The van der Waals surface area contributed by atoms with E-state index >= 15 is 0 Å². The number of hydrogen-bond donors (Lipinski definition) is 1. The Balaban J connectivity index is 3.99. The van der Waals surface area contributed by atoms with Crippen molar-refractivity contribution in [3.8, 4) is 0 Å². The Hall–Kier alpha value is -0.650. The number of nitrogens with one attached hydrogen (secondary N) is 1. The molecule has 0 radical (unpaired) electrons. The fourth-order valence-electron chi connectivity index (χ4n) is 1.93. The quantitative estimate of drug-likeness (QED) is 0.548. The Kier molecular flexibility index (Phi) is 11.7. The Morgan fingerprint density at radius 3 is 2.40 bits per heavy atom. The second-order valence-electron chi connectivity index (χ2n) is 5.74. The van der Waals surface area contributed by atoms with Crippen molar-refractivity contribution in [2.45, 2.75) is 39.2 Å². The van der Waals surface area contributed by atoms with Crippen LogP contribution >= 0.6 is 0 Å². The lowest BCUT2D eigenvalue weighted by Gasteiger charge is -2.23. The van der Waals surface area contributed by atoms with Gasteiger partial charge in [-0.1, -0.05) is 13.8 Å². The summed E-state index contributed by atoms with van der Waals surface area (Å²) in [6.07, 6.45) is 2.52. The van der Waals surface area contributed by atoms with E-state index < -0.39 is 0 Å². The molecular formula is C15H33N3O2. The lowest BCUT2D eigenvalue weighted by molar-refractivity contribution is -0.132. The third-order valence-electron chi connectivity index (χ3n) is 3.07. The molecule has 0 saturated heterocycles. The van der Waals surface area contributed by atoms with Gasteiger partial charge in [0.15, 0.2) is 0 Å². The largest absolute Gasteiger partial charge is 0.383 e.